The van der Waals surface area contributed by atoms with E-state index in [2.05, 4.69) is 15.8 Å². The monoisotopic (exact) mass is 513 g/mol. The summed E-state index contributed by atoms with van der Waals surface area (Å²) in [7, 11) is -3.65. The third kappa shape index (κ3) is 6.52. The maximum atomic E-state index is 12.6. The number of anilines is 1. The molecular weight excluding hydrogens is 490 g/mol. The van der Waals surface area contributed by atoms with Crippen molar-refractivity contribution in [3.05, 3.63) is 88.4 Å². The van der Waals surface area contributed by atoms with Crippen LogP contribution in [0.25, 0.3) is 0 Å². The highest BCUT2D eigenvalue weighted by Gasteiger charge is 2.30. The summed E-state index contributed by atoms with van der Waals surface area (Å²) in [5, 5.41) is 7.65. The van der Waals surface area contributed by atoms with Crippen molar-refractivity contribution in [1.29, 1.82) is 0 Å². The van der Waals surface area contributed by atoms with E-state index in [0.29, 0.717) is 27.5 Å². The fourth-order valence-electron chi connectivity index (χ4n) is 3.70. The van der Waals surface area contributed by atoms with Gasteiger partial charge in [-0.3, -0.25) is 0 Å². The second-order valence-corrected chi connectivity index (χ2v) is 10.7. The summed E-state index contributed by atoms with van der Waals surface area (Å²) in [5.74, 6) is 0.980. The van der Waals surface area contributed by atoms with Crippen molar-refractivity contribution in [3.8, 4) is 11.5 Å². The highest BCUT2D eigenvalue weighted by Crippen LogP contribution is 2.36. The standard InChI is InChI=1S/C25H24ClN3O5S/c1-25(2)15-18-14-20(10-13-22(18)33-25)27-24(30)29-28-23(16-4-8-19(26)9-5-16)17-6-11-21(12-7-17)34-35(3,31)32/h4-14H,15H2,1-3H3,(H2,27,29,30). The first-order valence-corrected chi connectivity index (χ1v) is 12.9. The van der Waals surface area contributed by atoms with Gasteiger partial charge in [-0.1, -0.05) is 23.7 Å². The molecule has 0 aliphatic carbocycles. The van der Waals surface area contributed by atoms with Gasteiger partial charge in [0.2, 0.25) is 0 Å². The maximum absolute atomic E-state index is 12.6. The van der Waals surface area contributed by atoms with E-state index >= 15 is 0 Å². The Labute approximate surface area is 209 Å². The molecule has 1 aliphatic heterocycles. The molecule has 4 rings (SSSR count). The third-order valence-electron chi connectivity index (χ3n) is 5.08. The predicted molar refractivity (Wildman–Crippen MR) is 136 cm³/mol. The second-order valence-electron chi connectivity index (χ2n) is 8.71. The number of urea groups is 1. The molecule has 0 saturated carbocycles. The normalized spacial score (nSPS) is 14.6. The summed E-state index contributed by atoms with van der Waals surface area (Å²) < 4.78 is 33.5. The molecule has 2 N–H and O–H groups in total. The van der Waals surface area contributed by atoms with Gasteiger partial charge < -0.3 is 14.2 Å². The summed E-state index contributed by atoms with van der Waals surface area (Å²) in [6.45, 7) is 4.03. The van der Waals surface area contributed by atoms with Crippen LogP contribution in [0.4, 0.5) is 10.5 Å². The number of hydrazone groups is 1. The SMILES string of the molecule is CC1(C)Cc2cc(NC(=O)NN=C(c3ccc(Cl)cc3)c3ccc(OS(C)(=O)=O)cc3)ccc2O1. The topological polar surface area (TPSA) is 106 Å². The van der Waals surface area contributed by atoms with Crippen LogP contribution in [-0.4, -0.2) is 32.0 Å². The minimum Gasteiger partial charge on any atom is -0.487 e. The Morgan fingerprint density at radius 1 is 1.03 bits per heavy atom. The van der Waals surface area contributed by atoms with Crippen LogP contribution in [0.15, 0.2) is 71.8 Å². The molecule has 10 heteroatoms. The first-order valence-electron chi connectivity index (χ1n) is 10.7. The molecule has 182 valence electrons. The Morgan fingerprint density at radius 3 is 2.29 bits per heavy atom. The number of rotatable bonds is 6. The van der Waals surface area contributed by atoms with Crippen LogP contribution in [-0.2, 0) is 16.5 Å². The molecule has 35 heavy (non-hydrogen) atoms. The lowest BCUT2D eigenvalue weighted by molar-refractivity contribution is 0.138. The third-order valence-corrected chi connectivity index (χ3v) is 5.83. The molecule has 0 saturated heterocycles. The number of nitrogens with one attached hydrogen (secondary N) is 2. The van der Waals surface area contributed by atoms with Gasteiger partial charge in [0.1, 0.15) is 17.1 Å². The fraction of sp³-hybridized carbons (Fsp3) is 0.200. The van der Waals surface area contributed by atoms with Gasteiger partial charge in [0.15, 0.2) is 0 Å². The number of ether oxygens (including phenoxy) is 1. The molecule has 2 amide bonds. The number of nitrogens with zero attached hydrogens (tertiary/aromatic N) is 1. The first-order chi connectivity index (χ1) is 16.5. The van der Waals surface area contributed by atoms with Crippen LogP contribution in [0.5, 0.6) is 11.5 Å². The van der Waals surface area contributed by atoms with Crippen LogP contribution in [0.3, 0.4) is 0 Å². The Hall–Kier alpha value is -3.56. The Kier molecular flexibility index (Phi) is 6.73. The highest BCUT2D eigenvalue weighted by atomic mass is 35.5. The molecular formula is C25H24ClN3O5S. The van der Waals surface area contributed by atoms with Gasteiger partial charge in [0, 0.05) is 33.8 Å². The average Bonchev–Trinajstić information content (AvgIpc) is 3.08. The minimum atomic E-state index is -3.65. The van der Waals surface area contributed by atoms with Gasteiger partial charge >= 0.3 is 16.1 Å². The smallest absolute Gasteiger partial charge is 0.339 e. The van der Waals surface area contributed by atoms with Crippen LogP contribution < -0.4 is 19.7 Å². The molecule has 3 aromatic rings. The summed E-state index contributed by atoms with van der Waals surface area (Å²) in [6.07, 6.45) is 1.72. The number of fused-ring (bicyclic) bond motifs is 1. The van der Waals surface area contributed by atoms with Gasteiger partial charge in [0.05, 0.1) is 12.0 Å². The highest BCUT2D eigenvalue weighted by molar-refractivity contribution is 7.86. The van der Waals surface area contributed by atoms with Crippen molar-refractivity contribution in [2.24, 2.45) is 5.10 Å². The Bertz CT molecular complexity index is 1390. The van der Waals surface area contributed by atoms with E-state index in [1.807, 2.05) is 26.0 Å². The number of halogens is 1. The largest absolute Gasteiger partial charge is 0.487 e. The van der Waals surface area contributed by atoms with Crippen molar-refractivity contribution in [1.82, 2.24) is 5.43 Å². The van der Waals surface area contributed by atoms with Crippen molar-refractivity contribution in [2.45, 2.75) is 25.9 Å². The number of carbonyl (C=O) groups excluding carboxylic acids is 1. The van der Waals surface area contributed by atoms with E-state index in [9.17, 15) is 13.2 Å². The molecule has 0 radical (unpaired) electrons. The number of benzene rings is 3. The van der Waals surface area contributed by atoms with Gasteiger partial charge in [-0.15, -0.1) is 0 Å². The van der Waals surface area contributed by atoms with Crippen LogP contribution in [0, 0.1) is 0 Å². The second kappa shape index (κ2) is 9.59. The summed E-state index contributed by atoms with van der Waals surface area (Å²) in [4.78, 5) is 12.6. The Morgan fingerprint density at radius 2 is 1.66 bits per heavy atom. The van der Waals surface area contributed by atoms with E-state index in [4.69, 9.17) is 20.5 Å². The molecule has 3 aromatic carbocycles. The molecule has 0 fully saturated rings. The number of amides is 2. The first kappa shape index (κ1) is 24.6. The number of hydrogen-bond acceptors (Lipinski definition) is 6. The average molecular weight is 514 g/mol. The van der Waals surface area contributed by atoms with E-state index in [0.717, 1.165) is 24.0 Å². The van der Waals surface area contributed by atoms with Crippen LogP contribution >= 0.6 is 11.6 Å². The lowest BCUT2D eigenvalue weighted by atomic mass is 10.0. The molecule has 1 aliphatic rings. The molecule has 8 nitrogen and oxygen atoms in total. The molecule has 1 heterocycles. The van der Waals surface area contributed by atoms with E-state index < -0.39 is 16.1 Å². The molecule has 0 atom stereocenters. The number of carbonyl (C=O) groups is 1. The summed E-state index contributed by atoms with van der Waals surface area (Å²) in [6, 6.07) is 18.2. The van der Waals surface area contributed by atoms with Crippen molar-refractivity contribution < 1.29 is 22.1 Å². The summed E-state index contributed by atoms with van der Waals surface area (Å²) >= 11 is 6.02. The summed E-state index contributed by atoms with van der Waals surface area (Å²) in [5.41, 5.74) is 5.67. The molecule has 0 aromatic heterocycles. The van der Waals surface area contributed by atoms with Gasteiger partial charge in [-0.05, 0) is 68.4 Å². The zero-order chi connectivity index (χ0) is 25.2. The van der Waals surface area contributed by atoms with E-state index in [-0.39, 0.29) is 11.4 Å². The van der Waals surface area contributed by atoms with Crippen molar-refractivity contribution in [3.63, 3.8) is 0 Å². The maximum Gasteiger partial charge on any atom is 0.339 e. The van der Waals surface area contributed by atoms with Crippen molar-refractivity contribution >= 4 is 39.1 Å². The minimum absolute atomic E-state index is 0.168. The fourth-order valence-corrected chi connectivity index (χ4v) is 4.29. The zero-order valence-electron chi connectivity index (χ0n) is 19.3. The van der Waals surface area contributed by atoms with Gasteiger partial charge in [0.25, 0.3) is 0 Å². The molecule has 0 bridgehead atoms. The van der Waals surface area contributed by atoms with E-state index in [1.54, 1.807) is 42.5 Å². The van der Waals surface area contributed by atoms with Crippen LogP contribution in [0.2, 0.25) is 5.02 Å². The lowest BCUT2D eigenvalue weighted by Crippen LogP contribution is -2.26. The molecule has 0 spiro atoms. The van der Waals surface area contributed by atoms with Crippen molar-refractivity contribution in [2.75, 3.05) is 11.6 Å². The lowest BCUT2D eigenvalue weighted by Gasteiger charge is -2.16. The number of hydrogen-bond donors (Lipinski definition) is 2. The van der Waals surface area contributed by atoms with Gasteiger partial charge in [-0.25, -0.2) is 10.2 Å². The quantitative estimate of drug-likeness (QED) is 0.275. The predicted octanol–water partition coefficient (Wildman–Crippen LogP) is 4.97. The zero-order valence-corrected chi connectivity index (χ0v) is 20.9. The molecule has 0 unspecified atom stereocenters. The van der Waals surface area contributed by atoms with E-state index in [1.165, 1.54) is 12.1 Å². The Balaban J connectivity index is 1.54. The van der Waals surface area contributed by atoms with Gasteiger partial charge in [-0.2, -0.15) is 13.5 Å². The van der Waals surface area contributed by atoms with Crippen LogP contribution in [0.1, 0.15) is 30.5 Å².